The zero-order chi connectivity index (χ0) is 82.1. The van der Waals surface area contributed by atoms with Crippen molar-refractivity contribution in [3.63, 3.8) is 0 Å². The van der Waals surface area contributed by atoms with Gasteiger partial charge in [-0.25, -0.2) is 16.8 Å². The van der Waals surface area contributed by atoms with E-state index in [1.807, 2.05) is 38.1 Å². The van der Waals surface area contributed by atoms with Crippen LogP contribution in [0.5, 0.6) is 46.0 Å². The van der Waals surface area contributed by atoms with Gasteiger partial charge in [-0.15, -0.1) is 0 Å². The lowest BCUT2D eigenvalue weighted by molar-refractivity contribution is 0.0743. The Morgan fingerprint density at radius 1 is 0.254 bits per heavy atom. The van der Waals surface area contributed by atoms with E-state index in [1.165, 1.54) is 8.61 Å². The number of para-hydroxylation sites is 8. The molecule has 0 saturated heterocycles. The fraction of sp³-hybridized carbons (Fsp3) is 0.388. The van der Waals surface area contributed by atoms with Gasteiger partial charge in [-0.1, -0.05) is 209 Å². The number of rotatable bonds is 16. The first-order chi connectivity index (χ1) is 57.7. The highest BCUT2D eigenvalue weighted by Gasteiger charge is 2.29. The van der Waals surface area contributed by atoms with Crippen molar-refractivity contribution in [2.24, 2.45) is 0 Å². The Morgan fingerprint density at radius 2 is 0.441 bits per heavy atom. The van der Waals surface area contributed by atoms with Crippen LogP contribution in [0.1, 0.15) is 154 Å². The first-order valence-electron chi connectivity index (χ1n) is 42.0. The summed E-state index contributed by atoms with van der Waals surface area (Å²) in [5.74, 6) is 6.15. The Labute approximate surface area is 698 Å². The summed E-state index contributed by atoms with van der Waals surface area (Å²) in [5, 5.41) is 0. The summed E-state index contributed by atoms with van der Waals surface area (Å²) in [6.45, 7) is 16.3. The number of nitrogens with zero attached hydrogens (tertiary/aromatic N) is 2. The highest BCUT2D eigenvalue weighted by molar-refractivity contribution is 7.89. The summed E-state index contributed by atoms with van der Waals surface area (Å²) in [5.41, 5.74) is 17.6. The molecule has 118 heavy (non-hydrogen) atoms. The summed E-state index contributed by atoms with van der Waals surface area (Å²) in [4.78, 5) is 0.369. The van der Waals surface area contributed by atoms with E-state index in [4.69, 9.17) is 56.8 Å². The van der Waals surface area contributed by atoms with Gasteiger partial charge >= 0.3 is 0 Å². The molecule has 0 radical (unpaired) electrons. The molecule has 2 aliphatic carbocycles. The number of ether oxygens (including phenoxy) is 12. The lowest BCUT2D eigenvalue weighted by Gasteiger charge is -2.24. The summed E-state index contributed by atoms with van der Waals surface area (Å²) < 4.78 is 143. The van der Waals surface area contributed by atoms with E-state index in [0.717, 1.165) is 172 Å². The van der Waals surface area contributed by atoms with Crippen molar-refractivity contribution in [3.05, 3.63) is 294 Å². The fourth-order valence-electron chi connectivity index (χ4n) is 15.6. The van der Waals surface area contributed by atoms with E-state index in [2.05, 4.69) is 173 Å². The number of hydrogen-bond donors (Lipinski definition) is 0. The van der Waals surface area contributed by atoms with E-state index in [9.17, 15) is 16.8 Å². The molecule has 20 bridgehead atoms. The summed E-state index contributed by atoms with van der Waals surface area (Å²) in [7, 11) is -8.02. The Hall–Kier alpha value is -9.74. The van der Waals surface area contributed by atoms with Crippen LogP contribution in [0.15, 0.2) is 204 Å². The molecule has 18 nitrogen and oxygen atoms in total. The number of fused-ring (bicyclic) bond motifs is 26. The zero-order valence-corrected chi connectivity index (χ0v) is 71.0. The molecule has 0 spiro atoms. The molecule has 0 N–H and O–H groups in total. The molecular formula is C98H114N2O16S2. The molecule has 624 valence electrons. The molecule has 10 aromatic rings. The van der Waals surface area contributed by atoms with Gasteiger partial charge in [0.25, 0.3) is 0 Å². The average Bonchev–Trinajstić information content (AvgIpc) is 0.789. The monoisotopic (exact) mass is 1640 g/mol. The van der Waals surface area contributed by atoms with Gasteiger partial charge in [0.05, 0.1) is 89.1 Å². The number of benzene rings is 10. The van der Waals surface area contributed by atoms with Crippen molar-refractivity contribution in [2.75, 3.05) is 132 Å². The zero-order valence-electron chi connectivity index (χ0n) is 69.3. The van der Waals surface area contributed by atoms with Gasteiger partial charge < -0.3 is 56.8 Å². The van der Waals surface area contributed by atoms with Crippen LogP contribution in [0.25, 0.3) is 0 Å². The summed E-state index contributed by atoms with van der Waals surface area (Å²) >= 11 is 0. The topological polar surface area (TPSA) is 186 Å². The second kappa shape index (κ2) is 42.8. The molecular weight excluding hydrogens is 1530 g/mol. The molecule has 2 heterocycles. The molecule has 0 saturated carbocycles. The first kappa shape index (κ1) is 86.1. The SMILES string of the molecule is CCCOc1c2cccc1Cc1cccc3c1OCCOCCN(S(=O)(=O)c1ccc(C)cc1)CCOCCOc1c4cccc1Cc1cccc(c1OCCC)Cc1cccc(c1OCCOCCN(S(=O)(=O)c1ccc(C)cc1)CCOCCOc1c(cccc1Cc1cccc(c1OCCC)C3)C2)Cc1cccc(c1OCCC)C4. The van der Waals surface area contributed by atoms with Gasteiger partial charge in [0.2, 0.25) is 20.0 Å². The molecule has 0 amide bonds. The molecule has 14 rings (SSSR count). The molecule has 0 unspecified atom stereocenters. The van der Waals surface area contributed by atoms with Gasteiger partial charge in [-0.2, -0.15) is 8.61 Å². The van der Waals surface area contributed by atoms with Crippen LogP contribution in [0.4, 0.5) is 0 Å². The summed E-state index contributed by atoms with van der Waals surface area (Å²) in [6.07, 6.45) is 7.11. The van der Waals surface area contributed by atoms with Gasteiger partial charge in [-0.3, -0.25) is 0 Å². The number of sulfonamides is 2. The Kier molecular flexibility index (Phi) is 31.2. The van der Waals surface area contributed by atoms with Crippen LogP contribution in [-0.4, -0.2) is 157 Å². The third-order valence-electron chi connectivity index (χ3n) is 21.4. The van der Waals surface area contributed by atoms with Crippen molar-refractivity contribution in [1.29, 1.82) is 0 Å². The fourth-order valence-corrected chi connectivity index (χ4v) is 18.4. The van der Waals surface area contributed by atoms with Crippen LogP contribution < -0.4 is 37.9 Å². The quantitative estimate of drug-likeness (QED) is 0.0831. The third kappa shape index (κ3) is 22.2. The molecule has 2 aliphatic heterocycles. The van der Waals surface area contributed by atoms with Gasteiger partial charge in [0, 0.05) is 77.5 Å². The highest BCUT2D eigenvalue weighted by Crippen LogP contribution is 2.43. The van der Waals surface area contributed by atoms with Crippen molar-refractivity contribution in [3.8, 4) is 46.0 Å². The van der Waals surface area contributed by atoms with Crippen LogP contribution in [0, 0.1) is 13.8 Å². The second-order valence-electron chi connectivity index (χ2n) is 30.3. The highest BCUT2D eigenvalue weighted by atomic mass is 32.2. The minimum absolute atomic E-state index is 0.0607. The minimum atomic E-state index is -4.01. The van der Waals surface area contributed by atoms with Crippen molar-refractivity contribution in [1.82, 2.24) is 8.61 Å². The van der Waals surface area contributed by atoms with Gasteiger partial charge in [-0.05, 0) is 153 Å². The van der Waals surface area contributed by atoms with Gasteiger partial charge in [0.1, 0.15) is 72.4 Å². The summed E-state index contributed by atoms with van der Waals surface area (Å²) in [6, 6.07) is 64.5. The maximum atomic E-state index is 14.7. The smallest absolute Gasteiger partial charge is 0.243 e. The van der Waals surface area contributed by atoms with E-state index in [1.54, 1.807) is 24.3 Å². The second-order valence-corrected chi connectivity index (χ2v) is 34.2. The lowest BCUT2D eigenvalue weighted by atomic mass is 9.91. The van der Waals surface area contributed by atoms with E-state index in [-0.39, 0.29) is 115 Å². The minimum Gasteiger partial charge on any atom is -0.493 e. The van der Waals surface area contributed by atoms with E-state index in [0.29, 0.717) is 77.8 Å². The molecule has 0 fully saturated rings. The molecule has 20 heteroatoms. The predicted molar refractivity (Wildman–Crippen MR) is 462 cm³/mol. The molecule has 0 aromatic heterocycles. The largest absolute Gasteiger partial charge is 0.493 e. The van der Waals surface area contributed by atoms with Crippen molar-refractivity contribution >= 4 is 20.0 Å². The standard InChI is InChI=1S/C98H114N2O16S2/c1-7-47-109-91-73-19-11-20-74(91)64-82-28-16-30-84-66-76-22-12-21-75(92(76)110-48-8-2)65-83-29-15-27-81(63-73)95(83)113-59-55-105-51-43-99(117(101,102)89-39-35-71(5)36-40-89)45-53-107-57-61-115-97-85-31-17-33-87(97)69-79-25-14-26-80(94(79)112-50-10-4)70-88-34-18-32-86(68-78-24-13-23-77(67-85)93(78)111-49-9-3)98(88)116-62-58-108-54-46-100(44-52-106-56-60-114-96(82)84)118(103,104)90-41-37-72(6)38-42-90/h11-42H,7-10,43-70H2,1-6H3. The number of hydrogen-bond acceptors (Lipinski definition) is 16. The van der Waals surface area contributed by atoms with Crippen molar-refractivity contribution in [2.45, 2.75) is 128 Å². The maximum Gasteiger partial charge on any atom is 0.243 e. The van der Waals surface area contributed by atoms with Crippen LogP contribution in [-0.2, 0) is 90.4 Å². The normalized spacial score (nSPS) is 15.7. The van der Waals surface area contributed by atoms with Crippen LogP contribution in [0.3, 0.4) is 0 Å². The predicted octanol–water partition coefficient (Wildman–Crippen LogP) is 17.5. The molecule has 0 atom stereocenters. The van der Waals surface area contributed by atoms with E-state index >= 15 is 0 Å². The average molecular weight is 1640 g/mol. The van der Waals surface area contributed by atoms with Crippen LogP contribution >= 0.6 is 0 Å². The Bertz CT molecular complexity index is 4450. The Balaban J connectivity index is 0.839. The maximum absolute atomic E-state index is 14.7. The Morgan fingerprint density at radius 3 is 0.627 bits per heavy atom. The van der Waals surface area contributed by atoms with E-state index < -0.39 is 20.0 Å². The van der Waals surface area contributed by atoms with Crippen molar-refractivity contribution < 1.29 is 73.7 Å². The third-order valence-corrected chi connectivity index (χ3v) is 25.3. The van der Waals surface area contributed by atoms with Gasteiger partial charge in [0.15, 0.2) is 0 Å². The number of aryl methyl sites for hydroxylation is 2. The molecule has 4 aliphatic rings. The first-order valence-corrected chi connectivity index (χ1v) is 44.9. The molecule has 10 aromatic carbocycles. The van der Waals surface area contributed by atoms with Crippen LogP contribution in [0.2, 0.25) is 0 Å². The lowest BCUT2D eigenvalue weighted by Crippen LogP contribution is -2.37.